The third kappa shape index (κ3) is 44.1. The molecular weight excluding hydrogens is 739 g/mol. The summed E-state index contributed by atoms with van der Waals surface area (Å²) in [4.78, 5) is 22.6. The Hall–Kier alpha value is -1.32. The van der Waals surface area contributed by atoms with Crippen LogP contribution < -0.4 is 0 Å². The van der Waals surface area contributed by atoms with Gasteiger partial charge < -0.3 is 24.6 Å². The summed E-state index contributed by atoms with van der Waals surface area (Å²) in [6.07, 6.45) is 48.1. The zero-order valence-corrected chi connectivity index (χ0v) is 37.7. The molecule has 0 rings (SSSR count). The van der Waals surface area contributed by atoms with Crippen molar-refractivity contribution in [1.82, 2.24) is 0 Å². The van der Waals surface area contributed by atoms with Gasteiger partial charge in [0.15, 0.2) is 0 Å². The Bertz CT molecular complexity index is 986. The summed E-state index contributed by atoms with van der Waals surface area (Å²) < 4.78 is 33.4. The first-order valence-corrected chi connectivity index (χ1v) is 25.0. The predicted octanol–water partition coefficient (Wildman–Crippen LogP) is 13.2. The van der Waals surface area contributed by atoms with E-state index in [0.29, 0.717) is 13.0 Å². The second-order valence-corrected chi connectivity index (χ2v) is 17.2. The van der Waals surface area contributed by atoms with Gasteiger partial charge in [-0.3, -0.25) is 13.8 Å². The Kier molecular flexibility index (Phi) is 43.2. The molecule has 0 fully saturated rings. The molecule has 0 aromatic carbocycles. The van der Waals surface area contributed by atoms with Gasteiger partial charge in [-0.05, 0) is 51.4 Å². The zero-order chi connectivity index (χ0) is 41.8. The average molecular weight is 829 g/mol. The van der Waals surface area contributed by atoms with Crippen LogP contribution >= 0.6 is 7.82 Å². The summed E-state index contributed by atoms with van der Waals surface area (Å²) in [6, 6.07) is 0. The molecule has 9 nitrogen and oxygen atoms in total. The number of aliphatic hydroxyl groups excluding tert-OH is 2. The Morgan fingerprint density at radius 3 is 1.46 bits per heavy atom. The zero-order valence-electron chi connectivity index (χ0n) is 36.8. The van der Waals surface area contributed by atoms with Crippen molar-refractivity contribution in [2.75, 3.05) is 33.0 Å². The summed E-state index contributed by atoms with van der Waals surface area (Å²) in [5, 5.41) is 18.4. The Balaban J connectivity index is 4.14. The largest absolute Gasteiger partial charge is 0.472 e. The fourth-order valence-corrected chi connectivity index (χ4v) is 7.27. The lowest BCUT2D eigenvalue weighted by atomic mass is 10.0. The number of carbonyl (C=O) groups excluding carboxylic acids is 1. The van der Waals surface area contributed by atoms with E-state index >= 15 is 0 Å². The lowest BCUT2D eigenvalue weighted by Crippen LogP contribution is -2.29. The number of hydrogen-bond donors (Lipinski definition) is 3. The molecule has 0 bridgehead atoms. The number of aliphatic hydroxyl groups is 2. The van der Waals surface area contributed by atoms with Crippen molar-refractivity contribution in [3.63, 3.8) is 0 Å². The predicted molar refractivity (Wildman–Crippen MR) is 237 cm³/mol. The first-order chi connectivity index (χ1) is 27.8. The smallest absolute Gasteiger partial charge is 0.457 e. The second kappa shape index (κ2) is 44.2. The van der Waals surface area contributed by atoms with Gasteiger partial charge in [0, 0.05) is 13.0 Å². The molecule has 0 aromatic heterocycles. The van der Waals surface area contributed by atoms with Gasteiger partial charge in [-0.1, -0.05) is 192 Å². The van der Waals surface area contributed by atoms with Gasteiger partial charge in [-0.15, -0.1) is 0 Å². The van der Waals surface area contributed by atoms with Crippen LogP contribution in [0.4, 0.5) is 0 Å². The molecule has 3 unspecified atom stereocenters. The van der Waals surface area contributed by atoms with Crippen molar-refractivity contribution in [3.05, 3.63) is 36.5 Å². The maximum Gasteiger partial charge on any atom is 0.472 e. The number of rotatable bonds is 45. The van der Waals surface area contributed by atoms with E-state index in [1.165, 1.54) is 135 Å². The third-order valence-electron chi connectivity index (χ3n) is 10.1. The summed E-state index contributed by atoms with van der Waals surface area (Å²) in [5.41, 5.74) is 0. The average Bonchev–Trinajstić information content (AvgIpc) is 3.20. The van der Waals surface area contributed by atoms with E-state index in [4.69, 9.17) is 23.6 Å². The van der Waals surface area contributed by atoms with Crippen LogP contribution in [0.25, 0.3) is 0 Å². The molecule has 0 saturated heterocycles. The summed E-state index contributed by atoms with van der Waals surface area (Å²) in [5.74, 6) is -0.392. The number of allylic oxidation sites excluding steroid dienone is 6. The molecule has 57 heavy (non-hydrogen) atoms. The molecule has 3 atom stereocenters. The topological polar surface area (TPSA) is 132 Å². The Labute approximate surface area is 350 Å². The molecule has 0 spiro atoms. The SMILES string of the molecule is CCCCC/C=C\C/C=C\C/C=C\CCCCCCCCC(=O)OC(COCCCCCCCCCCCCCCCCCCC)COP(=O)(O)OCC(O)CO. The summed E-state index contributed by atoms with van der Waals surface area (Å²) in [7, 11) is -4.52. The fraction of sp³-hybridized carbons (Fsp3) is 0.851. The van der Waals surface area contributed by atoms with Crippen molar-refractivity contribution in [2.45, 2.75) is 225 Å². The van der Waals surface area contributed by atoms with Gasteiger partial charge in [0.25, 0.3) is 0 Å². The Morgan fingerprint density at radius 2 is 0.947 bits per heavy atom. The number of phosphoric ester groups is 1. The van der Waals surface area contributed by atoms with E-state index in [9.17, 15) is 19.4 Å². The van der Waals surface area contributed by atoms with Crippen molar-refractivity contribution in [3.8, 4) is 0 Å². The van der Waals surface area contributed by atoms with Crippen molar-refractivity contribution >= 4 is 13.8 Å². The molecular formula is C47H89O9P. The minimum Gasteiger partial charge on any atom is -0.457 e. The van der Waals surface area contributed by atoms with E-state index < -0.39 is 39.2 Å². The third-order valence-corrected chi connectivity index (χ3v) is 11.0. The van der Waals surface area contributed by atoms with E-state index in [1.807, 2.05) is 0 Å². The van der Waals surface area contributed by atoms with Crippen molar-refractivity contribution in [2.24, 2.45) is 0 Å². The molecule has 0 heterocycles. The van der Waals surface area contributed by atoms with Crippen molar-refractivity contribution < 1.29 is 43.0 Å². The summed E-state index contributed by atoms with van der Waals surface area (Å²) >= 11 is 0. The monoisotopic (exact) mass is 829 g/mol. The molecule has 0 saturated carbocycles. The van der Waals surface area contributed by atoms with Gasteiger partial charge in [0.1, 0.15) is 12.2 Å². The van der Waals surface area contributed by atoms with E-state index in [2.05, 4.69) is 50.3 Å². The fourth-order valence-electron chi connectivity index (χ4n) is 6.48. The molecule has 336 valence electrons. The van der Waals surface area contributed by atoms with Crippen LogP contribution in [0.2, 0.25) is 0 Å². The number of hydrogen-bond acceptors (Lipinski definition) is 8. The van der Waals surface area contributed by atoms with Crippen LogP contribution in [0.15, 0.2) is 36.5 Å². The number of ether oxygens (including phenoxy) is 2. The molecule has 10 heteroatoms. The quantitative estimate of drug-likeness (QED) is 0.0237. The lowest BCUT2D eigenvalue weighted by molar-refractivity contribution is -0.154. The maximum absolute atomic E-state index is 12.6. The number of esters is 1. The lowest BCUT2D eigenvalue weighted by Gasteiger charge is -2.20. The van der Waals surface area contributed by atoms with E-state index in [0.717, 1.165) is 51.4 Å². The number of phosphoric acid groups is 1. The second-order valence-electron chi connectivity index (χ2n) is 15.8. The van der Waals surface area contributed by atoms with Gasteiger partial charge in [0.2, 0.25) is 0 Å². The minimum absolute atomic E-state index is 0.0468. The highest BCUT2D eigenvalue weighted by Crippen LogP contribution is 2.43. The highest BCUT2D eigenvalue weighted by Gasteiger charge is 2.26. The minimum atomic E-state index is -4.52. The molecule has 0 aliphatic heterocycles. The maximum atomic E-state index is 12.6. The standard InChI is InChI=1S/C47H89O9P/c1-3-5-7-9-11-13-15-17-19-21-22-23-25-27-29-31-33-35-37-39-47(50)56-46(44-55-57(51,52)54-42-45(49)41-48)43-53-40-38-36-34-32-30-28-26-24-20-18-16-14-12-10-8-6-4-2/h11,13,17,19,22-23,45-46,48-49H,3-10,12,14-16,18,20-21,24-44H2,1-2H3,(H,51,52)/b13-11-,19-17-,23-22-. The van der Waals surface area contributed by atoms with Gasteiger partial charge in [0.05, 0.1) is 26.4 Å². The highest BCUT2D eigenvalue weighted by molar-refractivity contribution is 7.47. The molecule has 0 radical (unpaired) electrons. The number of carbonyl (C=O) groups is 1. The van der Waals surface area contributed by atoms with E-state index in [-0.39, 0.29) is 19.6 Å². The Morgan fingerprint density at radius 1 is 0.544 bits per heavy atom. The normalized spacial score (nSPS) is 14.3. The first kappa shape index (κ1) is 55.7. The molecule has 0 aliphatic carbocycles. The van der Waals surface area contributed by atoms with Gasteiger partial charge in [-0.25, -0.2) is 4.57 Å². The van der Waals surface area contributed by atoms with Gasteiger partial charge in [-0.2, -0.15) is 0 Å². The molecule has 3 N–H and O–H groups in total. The number of unbranched alkanes of at least 4 members (excludes halogenated alkanes) is 25. The van der Waals surface area contributed by atoms with Crippen LogP contribution in [0, 0.1) is 0 Å². The van der Waals surface area contributed by atoms with Crippen LogP contribution in [-0.2, 0) is 27.9 Å². The summed E-state index contributed by atoms with van der Waals surface area (Å²) in [6.45, 7) is 3.51. The van der Waals surface area contributed by atoms with Crippen LogP contribution in [0.5, 0.6) is 0 Å². The van der Waals surface area contributed by atoms with Crippen LogP contribution in [-0.4, -0.2) is 66.3 Å². The van der Waals surface area contributed by atoms with Crippen LogP contribution in [0.1, 0.15) is 213 Å². The van der Waals surface area contributed by atoms with Gasteiger partial charge >= 0.3 is 13.8 Å². The van der Waals surface area contributed by atoms with E-state index in [1.54, 1.807) is 0 Å². The molecule has 0 aliphatic rings. The highest BCUT2D eigenvalue weighted by atomic mass is 31.2. The first-order valence-electron chi connectivity index (χ1n) is 23.5. The molecule has 0 aromatic rings. The van der Waals surface area contributed by atoms with Crippen LogP contribution in [0.3, 0.4) is 0 Å². The van der Waals surface area contributed by atoms with Crippen molar-refractivity contribution in [1.29, 1.82) is 0 Å². The molecule has 0 amide bonds.